The van der Waals surface area contributed by atoms with E-state index >= 15 is 0 Å². The Morgan fingerprint density at radius 3 is 2.22 bits per heavy atom. The second kappa shape index (κ2) is 4.38. The van der Waals surface area contributed by atoms with Crippen LogP contribution in [0.25, 0.3) is 0 Å². The average Bonchev–Trinajstić information content (AvgIpc) is 2.50. The summed E-state index contributed by atoms with van der Waals surface area (Å²) in [5, 5.41) is 20.5. The van der Waals surface area contributed by atoms with Gasteiger partial charge in [-0.15, -0.1) is 0 Å². The summed E-state index contributed by atoms with van der Waals surface area (Å²) in [6, 6.07) is 3.75. The first-order chi connectivity index (χ1) is 10.9. The van der Waals surface area contributed by atoms with Crippen molar-refractivity contribution in [3.63, 3.8) is 0 Å². The predicted octanol–water partition coefficient (Wildman–Crippen LogP) is 2.18. The molecule has 2 aliphatic rings. The predicted molar refractivity (Wildman–Crippen MR) is 91.7 cm³/mol. The van der Waals surface area contributed by atoms with Crippen LogP contribution in [0.5, 0.6) is 11.5 Å². The third-order valence-electron chi connectivity index (χ3n) is 4.95. The first-order valence-corrected chi connectivity index (χ1v) is 7.60. The highest BCUT2D eigenvalue weighted by atomic mass is 16.3. The minimum absolute atomic E-state index is 0.108. The van der Waals surface area contributed by atoms with Crippen molar-refractivity contribution in [2.24, 2.45) is 0 Å². The molecule has 2 aromatic carbocycles. The zero-order chi connectivity index (χ0) is 16.5. The van der Waals surface area contributed by atoms with Crippen LogP contribution in [0, 0.1) is 13.8 Å². The van der Waals surface area contributed by atoms with Crippen molar-refractivity contribution in [1.29, 1.82) is 0 Å². The number of hydrogen-bond acceptors (Lipinski definition) is 6. The van der Waals surface area contributed by atoms with E-state index in [9.17, 15) is 10.2 Å². The van der Waals surface area contributed by atoms with Gasteiger partial charge in [0.1, 0.15) is 5.75 Å². The molecule has 0 aliphatic carbocycles. The maximum atomic E-state index is 10.5. The number of anilines is 4. The summed E-state index contributed by atoms with van der Waals surface area (Å²) in [7, 11) is 0. The summed E-state index contributed by atoms with van der Waals surface area (Å²) in [4.78, 5) is 4.31. The van der Waals surface area contributed by atoms with E-state index in [0.29, 0.717) is 31.1 Å². The fraction of sp³-hybridized carbons (Fsp3) is 0.294. The SMILES string of the molecule is Cc1cc2c(c(O)c1N)N1Cc3cc(O)c(N)c(C)c3N(C2)C1. The average molecular weight is 312 g/mol. The lowest BCUT2D eigenvalue weighted by Gasteiger charge is -2.46. The van der Waals surface area contributed by atoms with Gasteiger partial charge in [-0.25, -0.2) is 0 Å². The standard InChI is InChI=1S/C17H20N4O2/c1-8-3-10-5-20-7-21(16(10)17(23)13(8)18)6-11-4-12(22)14(19)9(2)15(11)20/h3-4,22-23H,5-7,18-19H2,1-2H3. The van der Waals surface area contributed by atoms with Gasteiger partial charge in [-0.05, 0) is 48.2 Å². The molecule has 0 saturated carbocycles. The van der Waals surface area contributed by atoms with Gasteiger partial charge in [-0.1, -0.05) is 0 Å². The summed E-state index contributed by atoms with van der Waals surface area (Å²) in [6.45, 7) is 5.79. The summed E-state index contributed by atoms with van der Waals surface area (Å²) < 4.78 is 0. The highest BCUT2D eigenvalue weighted by molar-refractivity contribution is 5.82. The molecule has 6 N–H and O–H groups in total. The van der Waals surface area contributed by atoms with Crippen LogP contribution < -0.4 is 21.3 Å². The van der Waals surface area contributed by atoms with Crippen LogP contribution >= 0.6 is 0 Å². The summed E-state index contributed by atoms with van der Waals surface area (Å²) in [5.41, 5.74) is 18.6. The number of fused-ring (bicyclic) bond motifs is 6. The lowest BCUT2D eigenvalue weighted by atomic mass is 9.95. The summed E-state index contributed by atoms with van der Waals surface area (Å²) >= 11 is 0. The van der Waals surface area contributed by atoms with E-state index in [-0.39, 0.29) is 11.5 Å². The van der Waals surface area contributed by atoms with Crippen LogP contribution in [0.4, 0.5) is 22.7 Å². The Kier molecular flexibility index (Phi) is 2.64. The first kappa shape index (κ1) is 13.9. The van der Waals surface area contributed by atoms with E-state index in [1.807, 2.05) is 19.9 Å². The van der Waals surface area contributed by atoms with E-state index in [1.165, 1.54) is 0 Å². The molecule has 0 saturated heterocycles. The molecule has 0 amide bonds. The van der Waals surface area contributed by atoms with Crippen molar-refractivity contribution >= 4 is 22.7 Å². The molecular formula is C17H20N4O2. The van der Waals surface area contributed by atoms with Gasteiger partial charge < -0.3 is 31.5 Å². The van der Waals surface area contributed by atoms with Crippen LogP contribution in [-0.4, -0.2) is 16.9 Å². The smallest absolute Gasteiger partial charge is 0.162 e. The van der Waals surface area contributed by atoms with Crippen molar-refractivity contribution in [2.75, 3.05) is 27.9 Å². The number of nitrogen functional groups attached to an aromatic ring is 2. The van der Waals surface area contributed by atoms with Gasteiger partial charge in [0, 0.05) is 18.8 Å². The molecule has 2 aromatic rings. The molecule has 0 spiro atoms. The molecule has 2 aliphatic heterocycles. The van der Waals surface area contributed by atoms with Crippen molar-refractivity contribution in [1.82, 2.24) is 0 Å². The molecule has 2 bridgehead atoms. The number of phenolic OH excluding ortho intramolecular Hbond substituents is 2. The van der Waals surface area contributed by atoms with Crippen molar-refractivity contribution in [2.45, 2.75) is 26.9 Å². The highest BCUT2D eigenvalue weighted by Gasteiger charge is 2.34. The Morgan fingerprint density at radius 2 is 1.52 bits per heavy atom. The largest absolute Gasteiger partial charge is 0.506 e. The van der Waals surface area contributed by atoms with Crippen LogP contribution in [-0.2, 0) is 13.1 Å². The monoisotopic (exact) mass is 312 g/mol. The quantitative estimate of drug-likeness (QED) is 0.439. The number of hydrogen-bond donors (Lipinski definition) is 4. The minimum Gasteiger partial charge on any atom is -0.506 e. The van der Waals surface area contributed by atoms with Crippen LogP contribution in [0.1, 0.15) is 22.3 Å². The number of rotatable bonds is 0. The molecule has 6 nitrogen and oxygen atoms in total. The van der Waals surface area contributed by atoms with Gasteiger partial charge in [0.15, 0.2) is 5.75 Å². The van der Waals surface area contributed by atoms with E-state index in [2.05, 4.69) is 9.80 Å². The molecule has 0 fully saturated rings. The number of aromatic hydroxyl groups is 2. The number of nitrogens with two attached hydrogens (primary N) is 2. The zero-order valence-corrected chi connectivity index (χ0v) is 13.2. The molecule has 4 rings (SSSR count). The van der Waals surface area contributed by atoms with E-state index in [4.69, 9.17) is 11.5 Å². The molecule has 23 heavy (non-hydrogen) atoms. The number of aryl methyl sites for hydroxylation is 1. The van der Waals surface area contributed by atoms with Crippen molar-refractivity contribution in [3.05, 3.63) is 34.4 Å². The Morgan fingerprint density at radius 1 is 0.913 bits per heavy atom. The van der Waals surface area contributed by atoms with Crippen LogP contribution in [0.15, 0.2) is 12.1 Å². The molecule has 0 aromatic heterocycles. The van der Waals surface area contributed by atoms with Crippen molar-refractivity contribution in [3.8, 4) is 11.5 Å². The van der Waals surface area contributed by atoms with E-state index < -0.39 is 0 Å². The van der Waals surface area contributed by atoms with Gasteiger partial charge in [0.2, 0.25) is 0 Å². The maximum absolute atomic E-state index is 10.5. The van der Waals surface area contributed by atoms with Gasteiger partial charge >= 0.3 is 0 Å². The Hall–Kier alpha value is -2.76. The first-order valence-electron chi connectivity index (χ1n) is 7.60. The number of nitrogens with zero attached hydrogens (tertiary/aromatic N) is 2. The molecule has 6 heteroatoms. The van der Waals surface area contributed by atoms with Crippen molar-refractivity contribution < 1.29 is 10.2 Å². The molecule has 120 valence electrons. The van der Waals surface area contributed by atoms with Gasteiger partial charge in [0.05, 0.1) is 23.7 Å². The van der Waals surface area contributed by atoms with Gasteiger partial charge in [-0.3, -0.25) is 0 Å². The lowest BCUT2D eigenvalue weighted by Crippen LogP contribution is -2.46. The molecular weight excluding hydrogens is 292 g/mol. The second-order valence-corrected chi connectivity index (χ2v) is 6.44. The minimum atomic E-state index is 0.108. The normalized spacial score (nSPS) is 15.4. The highest BCUT2D eigenvalue weighted by Crippen LogP contribution is 2.48. The van der Waals surface area contributed by atoms with Crippen LogP contribution in [0.3, 0.4) is 0 Å². The molecule has 0 atom stereocenters. The lowest BCUT2D eigenvalue weighted by molar-refractivity contribution is 0.469. The summed E-state index contributed by atoms with van der Waals surface area (Å²) in [5.74, 6) is 0.260. The number of phenols is 2. The Labute approximate surface area is 134 Å². The van der Waals surface area contributed by atoms with E-state index in [1.54, 1.807) is 6.07 Å². The fourth-order valence-electron chi connectivity index (χ4n) is 3.80. The van der Waals surface area contributed by atoms with E-state index in [0.717, 1.165) is 33.6 Å². The summed E-state index contributed by atoms with van der Waals surface area (Å²) in [6.07, 6.45) is 0. The zero-order valence-electron chi connectivity index (χ0n) is 13.2. The topological polar surface area (TPSA) is 99.0 Å². The van der Waals surface area contributed by atoms with Crippen LogP contribution in [0.2, 0.25) is 0 Å². The second-order valence-electron chi connectivity index (χ2n) is 6.44. The molecule has 0 radical (unpaired) electrons. The molecule has 2 heterocycles. The van der Waals surface area contributed by atoms with Gasteiger partial charge in [0.25, 0.3) is 0 Å². The molecule has 0 unspecified atom stereocenters. The Bertz CT molecular complexity index is 778. The third kappa shape index (κ3) is 1.75. The fourth-order valence-corrected chi connectivity index (χ4v) is 3.80. The Balaban J connectivity index is 1.91. The maximum Gasteiger partial charge on any atom is 0.162 e. The van der Waals surface area contributed by atoms with Gasteiger partial charge in [-0.2, -0.15) is 0 Å². The third-order valence-corrected chi connectivity index (χ3v) is 4.95. The number of benzene rings is 2.